The smallest absolute Gasteiger partial charge is 0.212 e. The van der Waals surface area contributed by atoms with E-state index in [1.54, 1.807) is 0 Å². The van der Waals surface area contributed by atoms with Crippen molar-refractivity contribution in [1.29, 1.82) is 0 Å². The number of hydrogen-bond acceptors (Lipinski definition) is 2. The van der Waals surface area contributed by atoms with Crippen molar-refractivity contribution in [2.24, 2.45) is 23.7 Å². The zero-order valence-corrected chi connectivity index (χ0v) is 10.2. The molecule has 0 heterocycles. The van der Waals surface area contributed by atoms with Crippen LogP contribution in [0.4, 0.5) is 0 Å². The standard InChI is InChI=1S/C9H14BrNO2S/c10-4-14(12,13)11-9-7-5-1-2-6(3-5)8(7)9/h5-9,11H,1-4H2. The molecule has 80 valence electrons. The summed E-state index contributed by atoms with van der Waals surface area (Å²) < 4.78 is 25.6. The normalized spacial score (nSPS) is 49.4. The second kappa shape index (κ2) is 2.95. The van der Waals surface area contributed by atoms with Gasteiger partial charge in [-0.3, -0.25) is 0 Å². The maximum Gasteiger partial charge on any atom is 0.221 e. The Hall–Kier alpha value is 0.390. The molecule has 0 spiro atoms. The number of hydrogen-bond donors (Lipinski definition) is 1. The van der Waals surface area contributed by atoms with Crippen LogP contribution in [0, 0.1) is 23.7 Å². The molecular formula is C9H14BrNO2S. The van der Waals surface area contributed by atoms with Gasteiger partial charge in [-0.15, -0.1) is 0 Å². The molecule has 3 saturated carbocycles. The number of halogens is 1. The molecular weight excluding hydrogens is 266 g/mol. The highest BCUT2D eigenvalue weighted by atomic mass is 79.9. The van der Waals surface area contributed by atoms with Crippen molar-refractivity contribution in [3.63, 3.8) is 0 Å². The Balaban J connectivity index is 1.70. The highest BCUT2D eigenvalue weighted by Gasteiger charge is 2.65. The van der Waals surface area contributed by atoms with Crippen LogP contribution >= 0.6 is 15.9 Å². The van der Waals surface area contributed by atoms with E-state index in [0.29, 0.717) is 11.8 Å². The number of nitrogens with one attached hydrogen (secondary N) is 1. The molecule has 0 aromatic heterocycles. The Kier molecular flexibility index (Phi) is 2.02. The summed E-state index contributed by atoms with van der Waals surface area (Å²) in [6, 6.07) is 0.281. The van der Waals surface area contributed by atoms with E-state index < -0.39 is 10.0 Å². The summed E-state index contributed by atoms with van der Waals surface area (Å²) in [5.41, 5.74) is 0. The first kappa shape index (κ1) is 9.60. The molecule has 14 heavy (non-hydrogen) atoms. The van der Waals surface area contributed by atoms with Crippen LogP contribution in [0.25, 0.3) is 0 Å². The fourth-order valence-corrected chi connectivity index (χ4v) is 4.91. The van der Waals surface area contributed by atoms with Gasteiger partial charge in [0.15, 0.2) is 0 Å². The van der Waals surface area contributed by atoms with Crippen LogP contribution in [0.15, 0.2) is 0 Å². The van der Waals surface area contributed by atoms with E-state index in [-0.39, 0.29) is 10.7 Å². The lowest BCUT2D eigenvalue weighted by molar-refractivity contribution is 0.456. The molecule has 4 atom stereocenters. The third-order valence-corrected chi connectivity index (χ3v) is 6.92. The fraction of sp³-hybridized carbons (Fsp3) is 1.00. The Bertz CT molecular complexity index is 340. The van der Waals surface area contributed by atoms with Crippen LogP contribution in [0.5, 0.6) is 0 Å². The summed E-state index contributed by atoms with van der Waals surface area (Å²) in [6.07, 6.45) is 4.03. The average Bonchev–Trinajstić information content (AvgIpc) is 2.61. The van der Waals surface area contributed by atoms with Crippen molar-refractivity contribution in [2.45, 2.75) is 25.3 Å². The van der Waals surface area contributed by atoms with E-state index in [1.165, 1.54) is 19.3 Å². The van der Waals surface area contributed by atoms with Gasteiger partial charge in [0.2, 0.25) is 10.0 Å². The monoisotopic (exact) mass is 279 g/mol. The van der Waals surface area contributed by atoms with Gasteiger partial charge in [0.1, 0.15) is 4.66 Å². The van der Waals surface area contributed by atoms with Crippen LogP contribution in [0.3, 0.4) is 0 Å². The molecule has 3 rings (SSSR count). The first-order chi connectivity index (χ1) is 6.62. The van der Waals surface area contributed by atoms with Gasteiger partial charge in [-0.05, 0) is 42.9 Å². The lowest BCUT2D eigenvalue weighted by Gasteiger charge is -2.09. The predicted molar refractivity (Wildman–Crippen MR) is 57.4 cm³/mol. The van der Waals surface area contributed by atoms with Gasteiger partial charge >= 0.3 is 0 Å². The average molecular weight is 280 g/mol. The minimum absolute atomic E-state index is 0.0330. The number of sulfonamides is 1. The maximum atomic E-state index is 11.4. The molecule has 3 aliphatic rings. The summed E-state index contributed by atoms with van der Waals surface area (Å²) in [6.45, 7) is 0. The quantitative estimate of drug-likeness (QED) is 0.792. The van der Waals surface area contributed by atoms with Crippen molar-refractivity contribution in [3.8, 4) is 0 Å². The van der Waals surface area contributed by atoms with Crippen LogP contribution in [0.1, 0.15) is 19.3 Å². The molecule has 5 heteroatoms. The molecule has 2 bridgehead atoms. The Morgan fingerprint density at radius 3 is 2.29 bits per heavy atom. The van der Waals surface area contributed by atoms with Crippen molar-refractivity contribution in [3.05, 3.63) is 0 Å². The van der Waals surface area contributed by atoms with Crippen molar-refractivity contribution < 1.29 is 8.42 Å². The topological polar surface area (TPSA) is 46.2 Å². The first-order valence-electron chi connectivity index (χ1n) is 5.18. The van der Waals surface area contributed by atoms with E-state index in [9.17, 15) is 8.42 Å². The minimum atomic E-state index is -3.05. The number of rotatable bonds is 3. The molecule has 3 aliphatic carbocycles. The molecule has 0 amide bonds. The van der Waals surface area contributed by atoms with E-state index in [0.717, 1.165) is 11.8 Å². The first-order valence-corrected chi connectivity index (χ1v) is 7.96. The van der Waals surface area contributed by atoms with E-state index in [1.807, 2.05) is 0 Å². The zero-order chi connectivity index (χ0) is 9.92. The molecule has 1 N–H and O–H groups in total. The molecule has 3 nitrogen and oxygen atoms in total. The second-order valence-corrected chi connectivity index (χ2v) is 7.91. The molecule has 4 unspecified atom stereocenters. The summed E-state index contributed by atoms with van der Waals surface area (Å²) in [4.78, 5) is 0. The predicted octanol–water partition coefficient (Wildman–Crippen LogP) is 1.30. The lowest BCUT2D eigenvalue weighted by Crippen LogP contribution is -2.30. The van der Waals surface area contributed by atoms with Gasteiger partial charge in [0, 0.05) is 6.04 Å². The minimum Gasteiger partial charge on any atom is -0.212 e. The SMILES string of the molecule is O=S(=O)(CBr)NC1C2C3CCC(C3)C12. The van der Waals surface area contributed by atoms with Gasteiger partial charge in [-0.1, -0.05) is 15.9 Å². The third-order valence-electron chi connectivity index (χ3n) is 4.19. The largest absolute Gasteiger partial charge is 0.221 e. The summed E-state index contributed by atoms with van der Waals surface area (Å²) in [5.74, 6) is 3.02. The number of fused-ring (bicyclic) bond motifs is 5. The molecule has 0 saturated heterocycles. The van der Waals surface area contributed by atoms with Crippen molar-refractivity contribution in [2.75, 3.05) is 4.66 Å². The van der Waals surface area contributed by atoms with Gasteiger partial charge in [0.05, 0.1) is 0 Å². The lowest BCUT2D eigenvalue weighted by atomic mass is 10.0. The summed E-state index contributed by atoms with van der Waals surface area (Å²) >= 11 is 3.00. The van der Waals surface area contributed by atoms with Crippen LogP contribution in [-0.4, -0.2) is 19.1 Å². The number of alkyl halides is 1. The Morgan fingerprint density at radius 1 is 1.21 bits per heavy atom. The van der Waals surface area contributed by atoms with Gasteiger partial charge in [0.25, 0.3) is 0 Å². The zero-order valence-electron chi connectivity index (χ0n) is 7.82. The molecule has 3 fully saturated rings. The van der Waals surface area contributed by atoms with Gasteiger partial charge in [-0.2, -0.15) is 0 Å². The van der Waals surface area contributed by atoms with Crippen LogP contribution in [-0.2, 0) is 10.0 Å². The van der Waals surface area contributed by atoms with E-state index in [4.69, 9.17) is 0 Å². The fourth-order valence-electron chi connectivity index (χ4n) is 3.72. The van der Waals surface area contributed by atoms with Crippen molar-refractivity contribution >= 4 is 26.0 Å². The maximum absolute atomic E-state index is 11.4. The van der Waals surface area contributed by atoms with Crippen molar-refractivity contribution in [1.82, 2.24) is 4.72 Å². The highest BCUT2D eigenvalue weighted by molar-refractivity contribution is 9.10. The van der Waals surface area contributed by atoms with Gasteiger partial charge < -0.3 is 0 Å². The van der Waals surface area contributed by atoms with E-state index >= 15 is 0 Å². The second-order valence-electron chi connectivity index (χ2n) is 4.86. The van der Waals surface area contributed by atoms with E-state index in [2.05, 4.69) is 20.7 Å². The Morgan fingerprint density at radius 2 is 1.79 bits per heavy atom. The summed E-state index contributed by atoms with van der Waals surface area (Å²) in [5, 5.41) is 0. The molecule has 0 aromatic carbocycles. The van der Waals surface area contributed by atoms with Crippen LogP contribution < -0.4 is 4.72 Å². The Labute approximate surface area is 92.8 Å². The highest BCUT2D eigenvalue weighted by Crippen LogP contribution is 2.65. The summed E-state index contributed by atoms with van der Waals surface area (Å²) in [7, 11) is -3.05. The molecule has 0 radical (unpaired) electrons. The van der Waals surface area contributed by atoms with Crippen LogP contribution in [0.2, 0.25) is 0 Å². The molecule has 0 aromatic rings. The molecule has 0 aliphatic heterocycles. The third kappa shape index (κ3) is 1.28. The van der Waals surface area contributed by atoms with Gasteiger partial charge in [-0.25, -0.2) is 13.1 Å².